The van der Waals surface area contributed by atoms with Crippen LogP contribution in [0.3, 0.4) is 0 Å². The normalized spacial score (nSPS) is 23.2. The van der Waals surface area contributed by atoms with Crippen molar-refractivity contribution >= 4 is 6.03 Å². The molecule has 2 fully saturated rings. The topological polar surface area (TPSA) is 55.8 Å². The first kappa shape index (κ1) is 16.3. The van der Waals surface area contributed by atoms with Crippen molar-refractivity contribution in [3.63, 3.8) is 0 Å². The number of carbonyl (C=O) groups excluding carboxylic acids is 1. The molecular weight excluding hydrogens is 290 g/mol. The number of likely N-dealkylation sites (tertiary alicyclic amines) is 2. The number of hydrogen-bond donors (Lipinski definition) is 2. The largest absolute Gasteiger partial charge is 0.394 e. The van der Waals surface area contributed by atoms with E-state index in [1.54, 1.807) is 4.90 Å². The molecule has 5 nitrogen and oxygen atoms in total. The van der Waals surface area contributed by atoms with E-state index in [0.717, 1.165) is 44.6 Å². The molecule has 2 heterocycles. The predicted molar refractivity (Wildman–Crippen MR) is 90.2 cm³/mol. The second-order valence-electron chi connectivity index (χ2n) is 6.59. The third-order valence-corrected chi connectivity index (χ3v) is 4.99. The summed E-state index contributed by atoms with van der Waals surface area (Å²) < 4.78 is 0. The highest BCUT2D eigenvalue weighted by molar-refractivity contribution is 5.75. The Morgan fingerprint density at radius 3 is 2.61 bits per heavy atom. The fraction of sp³-hybridized carbons (Fsp3) is 0.611. The van der Waals surface area contributed by atoms with Crippen molar-refractivity contribution in [3.05, 3.63) is 35.9 Å². The maximum atomic E-state index is 12.7. The molecule has 2 saturated heterocycles. The Bertz CT molecular complexity index is 502. The lowest BCUT2D eigenvalue weighted by molar-refractivity contribution is 0.152. The molecule has 5 heteroatoms. The smallest absolute Gasteiger partial charge is 0.318 e. The number of aliphatic hydroxyl groups is 1. The molecule has 2 aliphatic rings. The molecule has 0 spiro atoms. The monoisotopic (exact) mass is 317 g/mol. The van der Waals surface area contributed by atoms with Gasteiger partial charge in [0.25, 0.3) is 0 Å². The van der Waals surface area contributed by atoms with Crippen molar-refractivity contribution in [2.24, 2.45) is 0 Å². The second-order valence-corrected chi connectivity index (χ2v) is 6.59. The Balaban J connectivity index is 1.68. The van der Waals surface area contributed by atoms with Crippen LogP contribution in [0.4, 0.5) is 4.79 Å². The zero-order chi connectivity index (χ0) is 16.1. The number of nitrogens with zero attached hydrogens (tertiary/aromatic N) is 2. The van der Waals surface area contributed by atoms with Gasteiger partial charge in [0.2, 0.25) is 0 Å². The summed E-state index contributed by atoms with van der Waals surface area (Å²) in [5.41, 5.74) is 1.15. The molecule has 2 aliphatic heterocycles. The molecule has 2 atom stereocenters. The maximum absolute atomic E-state index is 12.7. The van der Waals surface area contributed by atoms with Gasteiger partial charge in [0.1, 0.15) is 0 Å². The van der Waals surface area contributed by atoms with Crippen molar-refractivity contribution in [1.82, 2.24) is 15.1 Å². The van der Waals surface area contributed by atoms with Crippen LogP contribution in [0.25, 0.3) is 0 Å². The molecule has 2 N–H and O–H groups in total. The van der Waals surface area contributed by atoms with Crippen LogP contribution in [0.1, 0.15) is 37.3 Å². The van der Waals surface area contributed by atoms with Gasteiger partial charge in [-0.2, -0.15) is 0 Å². The molecule has 1 aromatic carbocycles. The maximum Gasteiger partial charge on any atom is 0.318 e. The van der Waals surface area contributed by atoms with E-state index in [1.807, 2.05) is 18.2 Å². The SMILES string of the molecule is O=C(NC(CN1CCCC1)c1ccccc1)N1CCCC1CO. The van der Waals surface area contributed by atoms with Crippen LogP contribution in [0, 0.1) is 0 Å². The van der Waals surface area contributed by atoms with Crippen molar-refractivity contribution in [3.8, 4) is 0 Å². The minimum absolute atomic E-state index is 0.00161. The highest BCUT2D eigenvalue weighted by Gasteiger charge is 2.30. The number of hydrogen-bond acceptors (Lipinski definition) is 3. The van der Waals surface area contributed by atoms with Crippen LogP contribution in [0.5, 0.6) is 0 Å². The first-order chi connectivity index (χ1) is 11.3. The van der Waals surface area contributed by atoms with Gasteiger partial charge in [0.15, 0.2) is 0 Å². The summed E-state index contributed by atoms with van der Waals surface area (Å²) in [5, 5.41) is 12.6. The molecule has 23 heavy (non-hydrogen) atoms. The molecule has 2 amide bonds. The molecule has 0 saturated carbocycles. The van der Waals surface area contributed by atoms with Gasteiger partial charge in [-0.05, 0) is 44.3 Å². The minimum atomic E-state index is -0.0467. The Kier molecular flexibility index (Phi) is 5.51. The lowest BCUT2D eigenvalue weighted by Gasteiger charge is -2.29. The summed E-state index contributed by atoms with van der Waals surface area (Å²) in [6.45, 7) is 3.87. The highest BCUT2D eigenvalue weighted by atomic mass is 16.3. The van der Waals surface area contributed by atoms with Gasteiger partial charge in [0.05, 0.1) is 18.7 Å². The summed E-state index contributed by atoms with van der Waals surface area (Å²) in [4.78, 5) is 16.9. The summed E-state index contributed by atoms with van der Waals surface area (Å²) >= 11 is 0. The third-order valence-electron chi connectivity index (χ3n) is 4.99. The zero-order valence-corrected chi connectivity index (χ0v) is 13.7. The average Bonchev–Trinajstić information content (AvgIpc) is 3.26. The fourth-order valence-corrected chi connectivity index (χ4v) is 3.67. The predicted octanol–water partition coefficient (Wildman–Crippen LogP) is 1.99. The number of urea groups is 1. The summed E-state index contributed by atoms with van der Waals surface area (Å²) in [5.74, 6) is 0. The molecule has 0 aromatic heterocycles. The number of carbonyl (C=O) groups is 1. The number of nitrogens with one attached hydrogen (secondary N) is 1. The van der Waals surface area contributed by atoms with Gasteiger partial charge in [-0.15, -0.1) is 0 Å². The average molecular weight is 317 g/mol. The van der Waals surface area contributed by atoms with E-state index < -0.39 is 0 Å². The Morgan fingerprint density at radius 2 is 1.91 bits per heavy atom. The number of amides is 2. The van der Waals surface area contributed by atoms with Crippen LogP contribution < -0.4 is 5.32 Å². The molecule has 2 unspecified atom stereocenters. The summed E-state index contributed by atoms with van der Waals surface area (Å²) in [7, 11) is 0. The third kappa shape index (κ3) is 4.03. The van der Waals surface area contributed by atoms with Gasteiger partial charge < -0.3 is 20.2 Å². The van der Waals surface area contributed by atoms with Gasteiger partial charge in [-0.1, -0.05) is 30.3 Å². The van der Waals surface area contributed by atoms with Gasteiger partial charge >= 0.3 is 6.03 Å². The van der Waals surface area contributed by atoms with Crippen molar-refractivity contribution in [2.75, 3.05) is 32.8 Å². The fourth-order valence-electron chi connectivity index (χ4n) is 3.67. The Morgan fingerprint density at radius 1 is 1.17 bits per heavy atom. The van der Waals surface area contributed by atoms with Gasteiger partial charge in [0, 0.05) is 13.1 Å². The Labute approximate surface area is 138 Å². The zero-order valence-electron chi connectivity index (χ0n) is 13.7. The minimum Gasteiger partial charge on any atom is -0.394 e. The molecule has 3 rings (SSSR count). The van der Waals surface area contributed by atoms with E-state index >= 15 is 0 Å². The van der Waals surface area contributed by atoms with E-state index in [2.05, 4.69) is 22.3 Å². The van der Waals surface area contributed by atoms with E-state index in [1.165, 1.54) is 12.8 Å². The first-order valence-electron chi connectivity index (χ1n) is 8.73. The van der Waals surface area contributed by atoms with Gasteiger partial charge in [-0.25, -0.2) is 4.79 Å². The lowest BCUT2D eigenvalue weighted by Crippen LogP contribution is -2.47. The van der Waals surface area contributed by atoms with E-state index in [-0.39, 0.29) is 24.7 Å². The molecule has 0 bridgehead atoms. The number of benzene rings is 1. The quantitative estimate of drug-likeness (QED) is 0.873. The summed E-state index contributed by atoms with van der Waals surface area (Å²) in [6.07, 6.45) is 4.36. The summed E-state index contributed by atoms with van der Waals surface area (Å²) in [6, 6.07) is 10.1. The first-order valence-corrected chi connectivity index (χ1v) is 8.73. The number of aliphatic hydroxyl groups excluding tert-OH is 1. The molecule has 0 radical (unpaired) electrons. The van der Waals surface area contributed by atoms with Crippen LogP contribution in [0.15, 0.2) is 30.3 Å². The molecule has 1 aromatic rings. The van der Waals surface area contributed by atoms with Crippen LogP contribution >= 0.6 is 0 Å². The standard InChI is InChI=1S/C18H27N3O2/c22-14-16-9-6-12-21(16)18(23)19-17(13-20-10-4-5-11-20)15-7-2-1-3-8-15/h1-3,7-8,16-17,22H,4-6,9-14H2,(H,19,23). The van der Waals surface area contributed by atoms with E-state index in [4.69, 9.17) is 0 Å². The van der Waals surface area contributed by atoms with Crippen molar-refractivity contribution in [2.45, 2.75) is 37.8 Å². The Hall–Kier alpha value is -1.59. The van der Waals surface area contributed by atoms with Crippen LogP contribution in [0.2, 0.25) is 0 Å². The van der Waals surface area contributed by atoms with Crippen LogP contribution in [-0.4, -0.2) is 59.8 Å². The highest BCUT2D eigenvalue weighted by Crippen LogP contribution is 2.21. The molecule has 0 aliphatic carbocycles. The van der Waals surface area contributed by atoms with Gasteiger partial charge in [-0.3, -0.25) is 0 Å². The van der Waals surface area contributed by atoms with Crippen molar-refractivity contribution in [1.29, 1.82) is 0 Å². The van der Waals surface area contributed by atoms with Crippen molar-refractivity contribution < 1.29 is 9.90 Å². The molecule has 126 valence electrons. The number of rotatable bonds is 5. The van der Waals surface area contributed by atoms with E-state index in [0.29, 0.717) is 0 Å². The van der Waals surface area contributed by atoms with Crippen LogP contribution in [-0.2, 0) is 0 Å². The lowest BCUT2D eigenvalue weighted by atomic mass is 10.1. The van der Waals surface area contributed by atoms with E-state index in [9.17, 15) is 9.90 Å². The molecular formula is C18H27N3O2. The second kappa shape index (κ2) is 7.79.